The smallest absolute Gasteiger partial charge is 0.341 e. The normalized spacial score (nSPS) is 15.5. The van der Waals surface area contributed by atoms with Gasteiger partial charge in [0.05, 0.1) is 29.9 Å². The molecule has 3 aromatic heterocycles. The van der Waals surface area contributed by atoms with Crippen LogP contribution in [0.1, 0.15) is 197 Å². The number of aromatic carboxylic acids is 1. The molecule has 3 aliphatic carbocycles. The molecule has 3 N–H and O–H groups in total. The summed E-state index contributed by atoms with van der Waals surface area (Å²) in [5.74, 6) is -4.75. The molecule has 0 aliphatic heterocycles. The number of hydrogen-bond acceptors (Lipinski definition) is 11. The Balaban J connectivity index is 0.000000179. The number of hydrogen-bond donors (Lipinski definition) is 2. The van der Waals surface area contributed by atoms with E-state index in [0.29, 0.717) is 55.5 Å². The number of rotatable bonds is 16. The maximum Gasteiger partial charge on any atom is 0.341 e. The van der Waals surface area contributed by atoms with Crippen LogP contribution in [0.15, 0.2) is 52.5 Å². The van der Waals surface area contributed by atoms with Crippen LogP contribution < -0.4 is 5.73 Å². The number of carbonyl (C=O) groups excluding carboxylic acids is 4. The molecule has 3 aliphatic rings. The fraction of sp³-hybridized carbons (Fsp3) is 0.473. The Morgan fingerprint density at radius 1 is 0.521 bits per heavy atom. The molecule has 0 spiro atoms. The highest BCUT2D eigenvalue weighted by Gasteiger charge is 2.30. The van der Waals surface area contributed by atoms with E-state index in [4.69, 9.17) is 15.2 Å². The van der Waals surface area contributed by atoms with Gasteiger partial charge in [0.15, 0.2) is 23.3 Å². The minimum atomic E-state index is -0.998. The number of ether oxygens (including phenoxy) is 2. The molecule has 3 fully saturated rings. The number of Topliss-reactive ketones (excluding diaryl/α,β-unsaturated/α-hetero) is 2. The van der Waals surface area contributed by atoms with Crippen LogP contribution >= 0.6 is 34.0 Å². The molecule has 382 valence electrons. The Kier molecular flexibility index (Phi) is 21.0. The van der Waals surface area contributed by atoms with Gasteiger partial charge in [0.1, 0.15) is 16.6 Å². The summed E-state index contributed by atoms with van der Waals surface area (Å²) in [5, 5.41) is 16.1. The van der Waals surface area contributed by atoms with Crippen LogP contribution in [-0.4, -0.2) is 47.8 Å². The monoisotopic (exact) mass is 1040 g/mol. The summed E-state index contributed by atoms with van der Waals surface area (Å²) in [4.78, 5) is 62.4. The quantitative estimate of drug-likeness (QED) is 0.0727. The van der Waals surface area contributed by atoms with Gasteiger partial charge in [-0.3, -0.25) is 9.59 Å². The average molecular weight is 1040 g/mol. The standard InChI is InChI=1S/C22H24F2O3S.C20H20F2O3S.C13H19NO2S/c1-2-27-22(26)21-17(15-6-4-3-5-7-15)13-28-20(21)12-16(25)10-14-8-9-18(23)19(24)11-14;21-16-7-6-12(9-17(16)22)8-14(23)10-18-19(20(24)25)15(11-26-18)13-4-2-1-3-5-13;1-2-16-13(15)11-10(8-17-12(11)14)9-6-4-3-5-7-9/h8-9,11,13,15H,2-7,10,12H2,1H3;6-7,9,11,13H,1-5,8,10H2,(H,24,25);8-9H,2-7,14H2,1H3. The summed E-state index contributed by atoms with van der Waals surface area (Å²) in [6.07, 6.45) is 17.1. The number of nitrogens with two attached hydrogens (primary N) is 1. The van der Waals surface area contributed by atoms with Crippen molar-refractivity contribution in [1.29, 1.82) is 0 Å². The summed E-state index contributed by atoms with van der Waals surface area (Å²) in [6, 6.07) is 6.84. The highest BCUT2D eigenvalue weighted by molar-refractivity contribution is 7.14. The number of carbonyl (C=O) groups is 5. The first-order valence-corrected chi connectivity index (χ1v) is 27.4. The number of esters is 2. The Hall–Kier alpha value is -5.19. The van der Waals surface area contributed by atoms with Crippen molar-refractivity contribution in [3.8, 4) is 0 Å². The summed E-state index contributed by atoms with van der Waals surface area (Å²) >= 11 is 4.18. The van der Waals surface area contributed by atoms with Gasteiger partial charge in [-0.15, -0.1) is 34.0 Å². The van der Waals surface area contributed by atoms with Gasteiger partial charge in [-0.05, 0) is 138 Å². The highest BCUT2D eigenvalue weighted by atomic mass is 32.1. The molecule has 3 saturated carbocycles. The summed E-state index contributed by atoms with van der Waals surface area (Å²) < 4.78 is 63.0. The molecule has 0 bridgehead atoms. The lowest BCUT2D eigenvalue weighted by atomic mass is 9.83. The topological polar surface area (TPSA) is 150 Å². The second kappa shape index (κ2) is 27.0. The van der Waals surface area contributed by atoms with E-state index in [9.17, 15) is 46.6 Å². The van der Waals surface area contributed by atoms with Crippen molar-refractivity contribution in [2.24, 2.45) is 0 Å². The van der Waals surface area contributed by atoms with Crippen LogP contribution in [0, 0.1) is 23.3 Å². The molecule has 0 saturated heterocycles. The molecular formula is C55H63F4NO8S3. The fourth-order valence-corrected chi connectivity index (χ4v) is 13.1. The second-order valence-electron chi connectivity index (χ2n) is 18.4. The van der Waals surface area contributed by atoms with E-state index >= 15 is 0 Å². The van der Waals surface area contributed by atoms with Crippen LogP contribution in [0.2, 0.25) is 0 Å². The summed E-state index contributed by atoms with van der Waals surface area (Å²) in [5.41, 5.74) is 11.1. The Labute approximate surface area is 425 Å². The third-order valence-corrected chi connectivity index (χ3v) is 16.3. The van der Waals surface area contributed by atoms with E-state index in [-0.39, 0.29) is 67.3 Å². The number of ketones is 2. The van der Waals surface area contributed by atoms with Crippen LogP contribution in [0.25, 0.3) is 0 Å². The van der Waals surface area contributed by atoms with Gasteiger partial charge >= 0.3 is 17.9 Å². The van der Waals surface area contributed by atoms with Crippen molar-refractivity contribution in [3.63, 3.8) is 0 Å². The number of thiophene rings is 3. The fourth-order valence-electron chi connectivity index (χ4n) is 9.95. The van der Waals surface area contributed by atoms with Crippen molar-refractivity contribution >= 4 is 68.5 Å². The van der Waals surface area contributed by atoms with Crippen LogP contribution in [0.3, 0.4) is 0 Å². The molecule has 0 atom stereocenters. The predicted molar refractivity (Wildman–Crippen MR) is 271 cm³/mol. The number of carboxylic acid groups (broad SMARTS) is 1. The molecule has 0 amide bonds. The second-order valence-corrected chi connectivity index (χ2v) is 21.3. The molecule has 0 radical (unpaired) electrons. The van der Waals surface area contributed by atoms with E-state index in [1.165, 1.54) is 91.1 Å². The molecule has 16 heteroatoms. The van der Waals surface area contributed by atoms with E-state index in [0.717, 1.165) is 92.3 Å². The third kappa shape index (κ3) is 15.2. The van der Waals surface area contributed by atoms with E-state index in [2.05, 4.69) is 0 Å². The molecule has 2 aromatic carbocycles. The number of anilines is 1. The largest absolute Gasteiger partial charge is 0.478 e. The van der Waals surface area contributed by atoms with E-state index in [1.54, 1.807) is 6.92 Å². The van der Waals surface area contributed by atoms with Crippen molar-refractivity contribution in [1.82, 2.24) is 0 Å². The van der Waals surface area contributed by atoms with Gasteiger partial charge < -0.3 is 20.3 Å². The predicted octanol–water partition coefficient (Wildman–Crippen LogP) is 14.3. The lowest BCUT2D eigenvalue weighted by Crippen LogP contribution is -2.15. The Morgan fingerprint density at radius 2 is 0.887 bits per heavy atom. The molecule has 3 heterocycles. The van der Waals surface area contributed by atoms with Crippen LogP contribution in [0.4, 0.5) is 22.6 Å². The van der Waals surface area contributed by atoms with Crippen molar-refractivity contribution in [2.45, 2.75) is 154 Å². The SMILES string of the molecule is CCOC(=O)c1c(C2CCCCC2)csc1CC(=O)Cc1ccc(F)c(F)c1.CCOC(=O)c1c(C2CCCCC2)csc1N.O=C(Cc1ccc(F)c(F)c1)Cc1scc(C2CCCCC2)c1C(=O)O. The van der Waals surface area contributed by atoms with Gasteiger partial charge in [0.2, 0.25) is 0 Å². The van der Waals surface area contributed by atoms with Gasteiger partial charge in [0.25, 0.3) is 0 Å². The van der Waals surface area contributed by atoms with Gasteiger partial charge in [-0.2, -0.15) is 0 Å². The molecule has 5 aromatic rings. The zero-order valence-corrected chi connectivity index (χ0v) is 42.8. The number of halogens is 4. The lowest BCUT2D eigenvalue weighted by molar-refractivity contribution is -0.118. The lowest BCUT2D eigenvalue weighted by Gasteiger charge is -2.22. The Morgan fingerprint density at radius 3 is 1.28 bits per heavy atom. The zero-order chi connectivity index (χ0) is 51.0. The van der Waals surface area contributed by atoms with Crippen molar-refractivity contribution in [3.05, 3.63) is 130 Å². The summed E-state index contributed by atoms with van der Waals surface area (Å²) in [7, 11) is 0. The maximum atomic E-state index is 13.4. The van der Waals surface area contributed by atoms with E-state index < -0.39 is 29.2 Å². The molecular weight excluding hydrogens is 975 g/mol. The molecule has 9 nitrogen and oxygen atoms in total. The van der Waals surface area contributed by atoms with Gasteiger partial charge in [-0.1, -0.05) is 69.9 Å². The van der Waals surface area contributed by atoms with Crippen molar-refractivity contribution in [2.75, 3.05) is 18.9 Å². The van der Waals surface area contributed by atoms with Crippen LogP contribution in [0.5, 0.6) is 0 Å². The summed E-state index contributed by atoms with van der Waals surface area (Å²) in [6.45, 7) is 4.26. The number of carboxylic acids is 1. The average Bonchev–Trinajstić information content (AvgIpc) is 4.10. The first kappa shape index (κ1) is 55.1. The third-order valence-electron chi connectivity index (χ3n) is 13.4. The molecule has 71 heavy (non-hydrogen) atoms. The minimum Gasteiger partial charge on any atom is -0.478 e. The van der Waals surface area contributed by atoms with Crippen LogP contribution in [-0.2, 0) is 44.7 Å². The number of benzene rings is 2. The van der Waals surface area contributed by atoms with E-state index in [1.807, 2.05) is 23.1 Å². The first-order chi connectivity index (χ1) is 34.2. The number of nitrogen functional groups attached to an aromatic ring is 1. The maximum absolute atomic E-state index is 13.4. The van der Waals surface area contributed by atoms with Gasteiger partial charge in [-0.25, -0.2) is 31.9 Å². The van der Waals surface area contributed by atoms with Crippen molar-refractivity contribution < 1.29 is 56.1 Å². The molecule has 8 rings (SSSR count). The zero-order valence-electron chi connectivity index (χ0n) is 40.4. The Bertz CT molecular complexity index is 2620. The minimum absolute atomic E-state index is 0.00197. The van der Waals surface area contributed by atoms with Gasteiger partial charge in [0, 0.05) is 35.4 Å². The first-order valence-electron chi connectivity index (χ1n) is 24.7. The highest BCUT2D eigenvalue weighted by Crippen LogP contribution is 2.41. The molecule has 0 unspecified atom stereocenters.